The molecule has 0 saturated heterocycles. The molecule has 0 N–H and O–H groups in total. The summed E-state index contributed by atoms with van der Waals surface area (Å²) in [4.78, 5) is 0.909. The Bertz CT molecular complexity index is 822. The Balaban J connectivity index is 1.51. The van der Waals surface area contributed by atoms with Gasteiger partial charge in [0.2, 0.25) is 0 Å². The summed E-state index contributed by atoms with van der Waals surface area (Å²) in [7, 11) is -0.978. The summed E-state index contributed by atoms with van der Waals surface area (Å²) in [5.41, 5.74) is 0.640. The Labute approximate surface area is 162 Å². The molecule has 2 aliphatic carbocycles. The van der Waals surface area contributed by atoms with Crippen molar-refractivity contribution in [1.29, 1.82) is 0 Å². The number of rotatable bonds is 3. The Morgan fingerprint density at radius 1 is 0.926 bits per heavy atom. The van der Waals surface area contributed by atoms with Gasteiger partial charge in [-0.2, -0.15) is 0 Å². The van der Waals surface area contributed by atoms with E-state index in [0.717, 1.165) is 56.3 Å². The van der Waals surface area contributed by atoms with E-state index in [1.165, 1.54) is 18.2 Å². The van der Waals surface area contributed by atoms with Crippen LogP contribution in [0.2, 0.25) is 0 Å². The molecule has 2 aliphatic rings. The van der Waals surface area contributed by atoms with Gasteiger partial charge in [0.05, 0.1) is 10.8 Å². The predicted molar refractivity (Wildman–Crippen MR) is 105 cm³/mol. The van der Waals surface area contributed by atoms with Crippen LogP contribution in [-0.4, -0.2) is 9.46 Å². The molecule has 144 valence electrons. The highest BCUT2D eigenvalue weighted by Crippen LogP contribution is 2.59. The normalized spacial score (nSPS) is 29.6. The molecule has 2 saturated carbocycles. The first-order valence-corrected chi connectivity index (χ1v) is 11.2. The van der Waals surface area contributed by atoms with E-state index in [4.69, 9.17) is 0 Å². The highest BCUT2D eigenvalue weighted by Gasteiger charge is 2.56. The zero-order chi connectivity index (χ0) is 18.9. The van der Waals surface area contributed by atoms with Crippen molar-refractivity contribution in [2.24, 2.45) is 5.41 Å². The molecule has 1 spiro atoms. The van der Waals surface area contributed by atoms with Gasteiger partial charge in [-0.15, -0.1) is 0 Å². The molecule has 2 fully saturated rings. The molecule has 27 heavy (non-hydrogen) atoms. The fourth-order valence-corrected chi connectivity index (χ4v) is 6.70. The molecular formula is C23H26F2OS. The summed E-state index contributed by atoms with van der Waals surface area (Å²) in [6.45, 7) is 0. The number of benzene rings is 2. The summed E-state index contributed by atoms with van der Waals surface area (Å²) < 4.78 is 41.0. The molecule has 0 heterocycles. The fraction of sp³-hybridized carbons (Fsp3) is 0.478. The second kappa shape index (κ2) is 7.83. The zero-order valence-electron chi connectivity index (χ0n) is 15.5. The lowest BCUT2D eigenvalue weighted by molar-refractivity contribution is 0.393. The van der Waals surface area contributed by atoms with Crippen LogP contribution in [0.1, 0.15) is 62.8 Å². The fourth-order valence-electron chi connectivity index (χ4n) is 4.77. The molecule has 0 bridgehead atoms. The van der Waals surface area contributed by atoms with E-state index < -0.39 is 10.8 Å². The van der Waals surface area contributed by atoms with Gasteiger partial charge in [0.25, 0.3) is 0 Å². The first kappa shape index (κ1) is 18.8. The first-order chi connectivity index (χ1) is 13.1. The van der Waals surface area contributed by atoms with Crippen molar-refractivity contribution in [3.05, 3.63) is 65.7 Å². The summed E-state index contributed by atoms with van der Waals surface area (Å²) in [5, 5.41) is 0.205. The number of hydrogen-bond acceptors (Lipinski definition) is 1. The zero-order valence-corrected chi connectivity index (χ0v) is 16.3. The van der Waals surface area contributed by atoms with Crippen LogP contribution in [-0.2, 0) is 10.8 Å². The van der Waals surface area contributed by atoms with E-state index in [1.807, 2.05) is 30.3 Å². The third-order valence-electron chi connectivity index (χ3n) is 6.46. The van der Waals surface area contributed by atoms with Gasteiger partial charge in [0, 0.05) is 10.1 Å². The van der Waals surface area contributed by atoms with E-state index in [2.05, 4.69) is 0 Å². The Morgan fingerprint density at radius 3 is 2.56 bits per heavy atom. The van der Waals surface area contributed by atoms with Gasteiger partial charge in [-0.25, -0.2) is 8.78 Å². The molecule has 1 nitrogen and oxygen atoms in total. The lowest BCUT2D eigenvalue weighted by atomic mass is 9.86. The van der Waals surface area contributed by atoms with E-state index in [9.17, 15) is 13.0 Å². The van der Waals surface area contributed by atoms with Crippen LogP contribution < -0.4 is 0 Å². The average Bonchev–Trinajstić information content (AvgIpc) is 3.37. The van der Waals surface area contributed by atoms with Crippen LogP contribution >= 0.6 is 0 Å². The van der Waals surface area contributed by atoms with Gasteiger partial charge < -0.3 is 0 Å². The molecule has 0 aromatic heterocycles. The first-order valence-electron chi connectivity index (χ1n) is 10.00. The maximum atomic E-state index is 14.3. The molecule has 4 heteroatoms. The predicted octanol–water partition coefficient (Wildman–Crippen LogP) is 6.36. The monoisotopic (exact) mass is 388 g/mol. The van der Waals surface area contributed by atoms with Crippen molar-refractivity contribution in [3.63, 3.8) is 0 Å². The standard InChI is InChI=1S/C23H26F2OS/c24-18-10-11-21(25)20(15-18)17-7-3-2-6-13-23(14-12-17)16-22(23)27(26)19-8-4-1-5-9-19/h1,4-5,8-11,15,17,22H,2-3,6-7,12-14,16H2/t17-,22-,23-,27?/m1/s1. The molecule has 0 aliphatic heterocycles. The lowest BCUT2D eigenvalue weighted by Gasteiger charge is -2.21. The molecule has 2 aromatic carbocycles. The minimum atomic E-state index is -0.978. The van der Waals surface area contributed by atoms with Crippen LogP contribution in [0, 0.1) is 17.0 Å². The van der Waals surface area contributed by atoms with Crippen molar-refractivity contribution in [1.82, 2.24) is 0 Å². The molecule has 0 amide bonds. The van der Waals surface area contributed by atoms with E-state index >= 15 is 0 Å². The minimum Gasteiger partial charge on any atom is -0.254 e. The van der Waals surface area contributed by atoms with Gasteiger partial charge in [-0.1, -0.05) is 37.5 Å². The quantitative estimate of drug-likeness (QED) is 0.598. The van der Waals surface area contributed by atoms with Crippen LogP contribution in [0.25, 0.3) is 0 Å². The molecular weight excluding hydrogens is 362 g/mol. The number of halogens is 2. The maximum Gasteiger partial charge on any atom is 0.126 e. The average molecular weight is 389 g/mol. The van der Waals surface area contributed by atoms with Crippen LogP contribution in [0.3, 0.4) is 0 Å². The van der Waals surface area contributed by atoms with Crippen molar-refractivity contribution < 1.29 is 13.0 Å². The topological polar surface area (TPSA) is 17.1 Å². The largest absolute Gasteiger partial charge is 0.254 e. The van der Waals surface area contributed by atoms with Gasteiger partial charge in [-0.05, 0) is 79.3 Å². The van der Waals surface area contributed by atoms with Gasteiger partial charge in [-0.3, -0.25) is 4.21 Å². The van der Waals surface area contributed by atoms with Crippen molar-refractivity contribution in [2.45, 2.75) is 67.4 Å². The van der Waals surface area contributed by atoms with Crippen molar-refractivity contribution in [3.8, 4) is 0 Å². The second-order valence-corrected chi connectivity index (χ2v) is 9.80. The highest BCUT2D eigenvalue weighted by molar-refractivity contribution is 7.86. The molecule has 2 aromatic rings. The smallest absolute Gasteiger partial charge is 0.126 e. The van der Waals surface area contributed by atoms with Gasteiger partial charge in [0.15, 0.2) is 0 Å². The SMILES string of the molecule is O=S(c1ccccc1)[C@@H]1C[C@]12CCCCC[C@@H](c1cc(F)ccc1F)CC2. The van der Waals surface area contributed by atoms with E-state index in [1.54, 1.807) is 0 Å². The highest BCUT2D eigenvalue weighted by atomic mass is 32.2. The van der Waals surface area contributed by atoms with Crippen LogP contribution in [0.15, 0.2) is 53.4 Å². The Hall–Kier alpha value is -1.55. The third-order valence-corrected chi connectivity index (χ3v) is 8.38. The Morgan fingerprint density at radius 2 is 1.74 bits per heavy atom. The summed E-state index contributed by atoms with van der Waals surface area (Å²) in [6.07, 6.45) is 8.11. The van der Waals surface area contributed by atoms with Crippen LogP contribution in [0.4, 0.5) is 8.78 Å². The summed E-state index contributed by atoms with van der Waals surface area (Å²) in [5.74, 6) is -0.604. The van der Waals surface area contributed by atoms with Crippen LogP contribution in [0.5, 0.6) is 0 Å². The maximum absolute atomic E-state index is 14.3. The molecule has 4 atom stereocenters. The number of hydrogen-bond donors (Lipinski definition) is 0. The summed E-state index contributed by atoms with van der Waals surface area (Å²) in [6, 6.07) is 13.5. The molecule has 1 unspecified atom stereocenters. The Kier molecular flexibility index (Phi) is 5.45. The lowest BCUT2D eigenvalue weighted by Crippen LogP contribution is -2.13. The van der Waals surface area contributed by atoms with E-state index in [-0.39, 0.29) is 28.2 Å². The van der Waals surface area contributed by atoms with Crippen molar-refractivity contribution in [2.75, 3.05) is 0 Å². The third kappa shape index (κ3) is 4.01. The van der Waals surface area contributed by atoms with Gasteiger partial charge in [0.1, 0.15) is 11.6 Å². The molecule has 4 rings (SSSR count). The minimum absolute atomic E-state index is 0.0575. The van der Waals surface area contributed by atoms with Crippen molar-refractivity contribution >= 4 is 10.8 Å². The summed E-state index contributed by atoms with van der Waals surface area (Å²) >= 11 is 0. The van der Waals surface area contributed by atoms with E-state index in [0.29, 0.717) is 5.56 Å². The second-order valence-electron chi connectivity index (χ2n) is 8.17. The molecule has 0 radical (unpaired) electrons. The van der Waals surface area contributed by atoms with Gasteiger partial charge >= 0.3 is 0 Å².